The standard InChI is InChI=1S/C22H18FN5O4S/c1-4-19-26-17(12-33-19)20(29)28(14-7-15(31-2)9-16(8-14)32-3)18-5-6-27(21(18)30)22-24-10-13(23)11-25-22/h1,7-12,18H,5-6H2,2-3H3. The number of hydrogen-bond acceptors (Lipinski definition) is 8. The van der Waals surface area contributed by atoms with Crippen molar-refractivity contribution in [2.45, 2.75) is 12.5 Å². The molecule has 1 atom stereocenters. The Balaban J connectivity index is 1.76. The molecule has 1 aliphatic rings. The molecule has 1 aromatic carbocycles. The topological polar surface area (TPSA) is 97.8 Å². The van der Waals surface area contributed by atoms with E-state index in [1.807, 2.05) is 0 Å². The molecule has 2 aromatic heterocycles. The molecule has 11 heteroatoms. The zero-order valence-electron chi connectivity index (χ0n) is 17.7. The largest absolute Gasteiger partial charge is 0.497 e. The number of thiazole rings is 1. The molecule has 2 amide bonds. The van der Waals surface area contributed by atoms with Gasteiger partial charge in [-0.05, 0) is 12.3 Å². The molecule has 1 aliphatic heterocycles. The summed E-state index contributed by atoms with van der Waals surface area (Å²) in [5.74, 6) is 1.80. The van der Waals surface area contributed by atoms with E-state index in [2.05, 4.69) is 20.9 Å². The molecule has 0 radical (unpaired) electrons. The van der Waals surface area contributed by atoms with Gasteiger partial charge in [0.15, 0.2) is 10.8 Å². The van der Waals surface area contributed by atoms with Crippen LogP contribution in [-0.4, -0.2) is 53.6 Å². The van der Waals surface area contributed by atoms with E-state index in [9.17, 15) is 14.0 Å². The highest BCUT2D eigenvalue weighted by Crippen LogP contribution is 2.33. The van der Waals surface area contributed by atoms with Crippen LogP contribution in [0.5, 0.6) is 11.5 Å². The molecule has 0 aliphatic carbocycles. The Morgan fingerprint density at radius 1 is 1.24 bits per heavy atom. The molecule has 168 valence electrons. The molecule has 1 saturated heterocycles. The Morgan fingerprint density at radius 3 is 2.48 bits per heavy atom. The summed E-state index contributed by atoms with van der Waals surface area (Å²) in [4.78, 5) is 41.5. The van der Waals surface area contributed by atoms with Crippen LogP contribution in [0, 0.1) is 18.2 Å². The smallest absolute Gasteiger partial charge is 0.278 e. The van der Waals surface area contributed by atoms with E-state index in [1.54, 1.807) is 23.6 Å². The molecular weight excluding hydrogens is 449 g/mol. The van der Waals surface area contributed by atoms with Gasteiger partial charge in [-0.25, -0.2) is 19.3 Å². The highest BCUT2D eigenvalue weighted by molar-refractivity contribution is 7.10. The summed E-state index contributed by atoms with van der Waals surface area (Å²) in [7, 11) is 2.97. The van der Waals surface area contributed by atoms with E-state index < -0.39 is 23.7 Å². The van der Waals surface area contributed by atoms with Crippen LogP contribution < -0.4 is 19.3 Å². The molecule has 3 heterocycles. The lowest BCUT2D eigenvalue weighted by Gasteiger charge is -2.28. The van der Waals surface area contributed by atoms with E-state index in [1.165, 1.54) is 24.0 Å². The van der Waals surface area contributed by atoms with Gasteiger partial charge in [0.05, 0.1) is 32.3 Å². The first-order chi connectivity index (χ1) is 15.9. The predicted octanol–water partition coefficient (Wildman–Crippen LogP) is 2.52. The molecule has 9 nitrogen and oxygen atoms in total. The van der Waals surface area contributed by atoms with Gasteiger partial charge >= 0.3 is 0 Å². The van der Waals surface area contributed by atoms with Crippen LogP contribution in [0.4, 0.5) is 16.0 Å². The average molecular weight is 467 g/mol. The maximum absolute atomic E-state index is 13.6. The number of carbonyl (C=O) groups is 2. The Kier molecular flexibility index (Phi) is 6.19. The Labute approximate surface area is 192 Å². The van der Waals surface area contributed by atoms with Crippen LogP contribution in [0.1, 0.15) is 21.9 Å². The highest BCUT2D eigenvalue weighted by atomic mass is 32.1. The molecule has 1 unspecified atom stereocenters. The van der Waals surface area contributed by atoms with E-state index in [0.29, 0.717) is 22.2 Å². The van der Waals surface area contributed by atoms with Crippen molar-refractivity contribution in [1.29, 1.82) is 0 Å². The van der Waals surface area contributed by atoms with Gasteiger partial charge in [0.1, 0.15) is 23.2 Å². The third kappa shape index (κ3) is 4.33. The van der Waals surface area contributed by atoms with Crippen LogP contribution in [-0.2, 0) is 4.79 Å². The van der Waals surface area contributed by atoms with Gasteiger partial charge in [-0.2, -0.15) is 0 Å². The second-order valence-electron chi connectivity index (χ2n) is 6.92. The zero-order valence-corrected chi connectivity index (χ0v) is 18.5. The molecule has 4 rings (SSSR count). The number of amides is 2. The summed E-state index contributed by atoms with van der Waals surface area (Å²) >= 11 is 1.15. The first-order valence-corrected chi connectivity index (χ1v) is 10.6. The number of terminal acetylenes is 1. The third-order valence-electron chi connectivity index (χ3n) is 5.02. The third-order valence-corrected chi connectivity index (χ3v) is 5.79. The molecule has 1 fully saturated rings. The minimum absolute atomic E-state index is 0.0581. The van der Waals surface area contributed by atoms with Gasteiger partial charge in [0.25, 0.3) is 11.8 Å². The van der Waals surface area contributed by atoms with Gasteiger partial charge in [-0.3, -0.25) is 19.4 Å². The number of aromatic nitrogens is 3. The molecular formula is C22H18FN5O4S. The second-order valence-corrected chi connectivity index (χ2v) is 7.78. The number of nitrogens with zero attached hydrogens (tertiary/aromatic N) is 5. The molecule has 0 bridgehead atoms. The van der Waals surface area contributed by atoms with E-state index in [4.69, 9.17) is 15.9 Å². The van der Waals surface area contributed by atoms with E-state index >= 15 is 0 Å². The van der Waals surface area contributed by atoms with Gasteiger partial charge < -0.3 is 9.47 Å². The van der Waals surface area contributed by atoms with Gasteiger partial charge in [0.2, 0.25) is 5.95 Å². The molecule has 0 saturated carbocycles. The van der Waals surface area contributed by atoms with Crippen molar-refractivity contribution < 1.29 is 23.5 Å². The number of halogens is 1. The van der Waals surface area contributed by atoms with Crippen molar-refractivity contribution in [3.8, 4) is 23.8 Å². The summed E-state index contributed by atoms with van der Waals surface area (Å²) in [5, 5.41) is 1.89. The first kappa shape index (κ1) is 22.2. The molecule has 33 heavy (non-hydrogen) atoms. The second kappa shape index (κ2) is 9.22. The summed E-state index contributed by atoms with van der Waals surface area (Å²) in [5.41, 5.74) is 0.491. The lowest BCUT2D eigenvalue weighted by Crippen LogP contribution is -2.46. The van der Waals surface area contributed by atoms with Crippen molar-refractivity contribution in [3.05, 3.63) is 52.5 Å². The van der Waals surface area contributed by atoms with Crippen molar-refractivity contribution >= 4 is 34.8 Å². The van der Waals surface area contributed by atoms with E-state index in [-0.39, 0.29) is 24.6 Å². The minimum atomic E-state index is -0.890. The normalized spacial score (nSPS) is 15.3. The monoisotopic (exact) mass is 467 g/mol. The van der Waals surface area contributed by atoms with Crippen LogP contribution in [0.15, 0.2) is 36.0 Å². The fraction of sp³-hybridized carbons (Fsp3) is 0.227. The summed E-state index contributed by atoms with van der Waals surface area (Å²) < 4.78 is 23.9. The number of rotatable bonds is 6. The fourth-order valence-electron chi connectivity index (χ4n) is 3.48. The number of benzene rings is 1. The van der Waals surface area contributed by atoms with Crippen LogP contribution in [0.3, 0.4) is 0 Å². The predicted molar refractivity (Wildman–Crippen MR) is 119 cm³/mol. The molecule has 0 spiro atoms. The Morgan fingerprint density at radius 2 is 1.91 bits per heavy atom. The zero-order chi connectivity index (χ0) is 23.5. The number of hydrogen-bond donors (Lipinski definition) is 0. The molecule has 3 aromatic rings. The summed E-state index contributed by atoms with van der Waals surface area (Å²) in [6.45, 7) is 0.243. The molecule has 0 N–H and O–H groups in total. The van der Waals surface area contributed by atoms with E-state index in [0.717, 1.165) is 23.7 Å². The quantitative estimate of drug-likeness (QED) is 0.514. The highest BCUT2D eigenvalue weighted by Gasteiger charge is 2.41. The van der Waals surface area contributed by atoms with Crippen LogP contribution >= 0.6 is 11.3 Å². The number of carbonyl (C=O) groups excluding carboxylic acids is 2. The van der Waals surface area contributed by atoms with Crippen LogP contribution in [0.25, 0.3) is 0 Å². The van der Waals surface area contributed by atoms with Gasteiger partial charge in [-0.15, -0.1) is 17.8 Å². The van der Waals surface area contributed by atoms with Gasteiger partial charge in [0, 0.05) is 30.1 Å². The Hall–Kier alpha value is -4.04. The summed E-state index contributed by atoms with van der Waals surface area (Å²) in [6, 6.07) is 4.01. The lowest BCUT2D eigenvalue weighted by molar-refractivity contribution is -0.118. The summed E-state index contributed by atoms with van der Waals surface area (Å²) in [6.07, 6.45) is 7.65. The minimum Gasteiger partial charge on any atom is -0.497 e. The SMILES string of the molecule is C#Cc1nc(C(=O)N(c2cc(OC)cc(OC)c2)C2CCN(c3ncc(F)cn3)C2=O)cs1. The van der Waals surface area contributed by atoms with Crippen molar-refractivity contribution in [2.24, 2.45) is 0 Å². The van der Waals surface area contributed by atoms with Crippen LogP contribution in [0.2, 0.25) is 0 Å². The lowest BCUT2D eigenvalue weighted by atomic mass is 10.1. The Bertz CT molecular complexity index is 1220. The average Bonchev–Trinajstić information content (AvgIpc) is 3.47. The van der Waals surface area contributed by atoms with Gasteiger partial charge in [-0.1, -0.05) is 0 Å². The maximum Gasteiger partial charge on any atom is 0.278 e. The number of anilines is 2. The maximum atomic E-state index is 13.6. The fourth-order valence-corrected chi connectivity index (χ4v) is 4.08. The van der Waals surface area contributed by atoms with Crippen molar-refractivity contribution in [1.82, 2.24) is 15.0 Å². The first-order valence-electron chi connectivity index (χ1n) is 9.73. The van der Waals surface area contributed by atoms with Crippen molar-refractivity contribution in [3.63, 3.8) is 0 Å². The number of methoxy groups -OCH3 is 2. The number of ether oxygens (including phenoxy) is 2. The van der Waals surface area contributed by atoms with Crippen molar-refractivity contribution in [2.75, 3.05) is 30.6 Å².